The first-order chi connectivity index (χ1) is 27.0. The first-order valence-electron chi connectivity index (χ1n) is 18.8. The minimum Gasteiger partial charge on any atom is -0.349 e. The van der Waals surface area contributed by atoms with Crippen LogP contribution in [0.5, 0.6) is 0 Å². The van der Waals surface area contributed by atoms with Crippen molar-refractivity contribution in [1.29, 1.82) is 0 Å². The van der Waals surface area contributed by atoms with Gasteiger partial charge in [0, 0.05) is 29.6 Å². The van der Waals surface area contributed by atoms with E-state index in [1.165, 1.54) is 6.07 Å². The van der Waals surface area contributed by atoms with Crippen LogP contribution in [0.2, 0.25) is 0 Å². The molecule has 0 bridgehead atoms. The summed E-state index contributed by atoms with van der Waals surface area (Å²) >= 11 is 0. The lowest BCUT2D eigenvalue weighted by atomic mass is 9.81. The summed E-state index contributed by atoms with van der Waals surface area (Å²) in [5.74, 6) is -15.2. The molecule has 1 aromatic heterocycles. The Hall–Kier alpha value is -4.74. The van der Waals surface area contributed by atoms with Crippen molar-refractivity contribution in [2.75, 3.05) is 25.0 Å². The third-order valence-electron chi connectivity index (χ3n) is 10.8. The molecule has 3 aromatic carbocycles. The Kier molecular flexibility index (Phi) is 13.8. The van der Waals surface area contributed by atoms with E-state index >= 15 is 0 Å². The van der Waals surface area contributed by atoms with Crippen molar-refractivity contribution < 1.29 is 45.1 Å². The summed E-state index contributed by atoms with van der Waals surface area (Å²) in [6.07, 6.45) is -2.08. The van der Waals surface area contributed by atoms with E-state index in [1.807, 2.05) is 36.2 Å². The number of hydrogen-bond donors (Lipinski definition) is 6. The molecule has 314 valence electrons. The summed E-state index contributed by atoms with van der Waals surface area (Å²) in [5.41, 5.74) is 8.99. The van der Waals surface area contributed by atoms with Gasteiger partial charge in [-0.05, 0) is 124 Å². The number of aromatic amines is 1. The van der Waals surface area contributed by atoms with E-state index in [2.05, 4.69) is 26.3 Å². The molecule has 1 atom stereocenters. The molecule has 2 heterocycles. The van der Waals surface area contributed by atoms with Gasteiger partial charge in [-0.3, -0.25) is 14.4 Å². The fourth-order valence-electron chi connectivity index (χ4n) is 7.37. The molecule has 3 amide bonds. The van der Waals surface area contributed by atoms with Gasteiger partial charge in [-0.15, -0.1) is 12.4 Å². The maximum Gasteiger partial charge on any atom is 0.460 e. The van der Waals surface area contributed by atoms with Crippen LogP contribution in [0.3, 0.4) is 0 Å². The summed E-state index contributed by atoms with van der Waals surface area (Å²) in [6, 6.07) is 15.2. The summed E-state index contributed by atoms with van der Waals surface area (Å²) in [4.78, 5) is 45.2. The quantitative estimate of drug-likeness (QED) is 0.0833. The topological polar surface area (TPSA) is 154 Å². The predicted octanol–water partition coefficient (Wildman–Crippen LogP) is 7.16. The number of nitrogens with two attached hydrogens (primary N) is 1. The number of alkyl halides is 7. The molecule has 6 rings (SSSR count). The smallest absolute Gasteiger partial charge is 0.349 e. The molecule has 1 saturated heterocycles. The number of carbonyl (C=O) groups is 3. The Bertz CT molecular complexity index is 2080. The second-order valence-electron chi connectivity index (χ2n) is 14.9. The van der Waals surface area contributed by atoms with Gasteiger partial charge >= 0.3 is 18.0 Å². The molecule has 18 heteroatoms. The van der Waals surface area contributed by atoms with Gasteiger partial charge in [0.05, 0.1) is 11.0 Å². The first-order valence-corrected chi connectivity index (χ1v) is 18.8. The van der Waals surface area contributed by atoms with E-state index in [9.17, 15) is 45.1 Å². The Morgan fingerprint density at radius 2 is 1.55 bits per heavy atom. The van der Waals surface area contributed by atoms with Crippen molar-refractivity contribution in [1.82, 2.24) is 25.9 Å². The standard InChI is InChI=1S/C40H44F7N7O3.ClH/c1-22-18-27(35(56)50-28-14-16-49-17-15-28)10-12-30(22)25-6-2-23(3-7-25)19-33(52-34(55)26-8-4-24(21-48)5-9-26)36(57)51-29-11-13-31-32(20-29)54-37(53-31)38(41,42)39(43,44)40(45,46)47;/h2-3,6-7,10-13,18,20,24,26,28,33,49H,4-5,8-9,14-17,19,21,48H2,1H3,(H,50,56)(H,51,57)(H,52,55)(H,53,54);1H/t24-,26-,33-;/m0./s1. The molecule has 10 nitrogen and oxygen atoms in total. The number of H-pyrrole nitrogens is 1. The molecule has 4 aromatic rings. The average molecular weight is 840 g/mol. The molecule has 58 heavy (non-hydrogen) atoms. The number of aromatic nitrogens is 2. The van der Waals surface area contributed by atoms with Crippen molar-refractivity contribution >= 4 is 46.8 Å². The number of carbonyl (C=O) groups excluding carboxylic acids is 3. The molecule has 1 aliphatic heterocycles. The van der Waals surface area contributed by atoms with E-state index < -0.39 is 35.8 Å². The van der Waals surface area contributed by atoms with Gasteiger partial charge in [-0.25, -0.2) is 4.98 Å². The number of imidazole rings is 1. The van der Waals surface area contributed by atoms with Crippen LogP contribution in [-0.2, 0) is 21.9 Å². The van der Waals surface area contributed by atoms with Crippen LogP contribution in [0.25, 0.3) is 22.2 Å². The second kappa shape index (κ2) is 18.0. The fourth-order valence-corrected chi connectivity index (χ4v) is 7.37. The molecule has 0 spiro atoms. The molecule has 0 radical (unpaired) electrons. The maximum atomic E-state index is 14.4. The lowest BCUT2D eigenvalue weighted by Crippen LogP contribution is -2.50. The van der Waals surface area contributed by atoms with E-state index in [4.69, 9.17) is 5.73 Å². The number of nitrogens with one attached hydrogen (secondary N) is 5. The number of fused-ring (bicyclic) bond motifs is 1. The van der Waals surface area contributed by atoms with Crippen LogP contribution < -0.4 is 27.0 Å². The Morgan fingerprint density at radius 1 is 0.879 bits per heavy atom. The first kappa shape index (κ1) is 44.4. The fraction of sp³-hybridized carbons (Fsp3) is 0.450. The average Bonchev–Trinajstić information content (AvgIpc) is 3.62. The van der Waals surface area contributed by atoms with Crippen LogP contribution in [0.4, 0.5) is 36.4 Å². The molecular weight excluding hydrogens is 795 g/mol. The zero-order chi connectivity index (χ0) is 41.1. The van der Waals surface area contributed by atoms with E-state index in [-0.39, 0.29) is 59.3 Å². The number of amides is 3. The molecular formula is C40H45ClF7N7O3. The number of benzene rings is 3. The van der Waals surface area contributed by atoms with Crippen LogP contribution >= 0.6 is 12.4 Å². The Labute approximate surface area is 336 Å². The van der Waals surface area contributed by atoms with Crippen LogP contribution in [0.15, 0.2) is 60.7 Å². The molecule has 1 aliphatic carbocycles. The predicted molar refractivity (Wildman–Crippen MR) is 207 cm³/mol. The number of aryl methyl sites for hydroxylation is 1. The van der Waals surface area contributed by atoms with E-state index in [1.54, 1.807) is 18.2 Å². The van der Waals surface area contributed by atoms with Crippen molar-refractivity contribution in [2.24, 2.45) is 17.6 Å². The lowest BCUT2D eigenvalue weighted by molar-refractivity contribution is -0.361. The highest BCUT2D eigenvalue weighted by atomic mass is 35.5. The summed E-state index contributed by atoms with van der Waals surface area (Å²) in [6.45, 7) is 4.13. The maximum absolute atomic E-state index is 14.4. The molecule has 0 unspecified atom stereocenters. The largest absolute Gasteiger partial charge is 0.460 e. The third kappa shape index (κ3) is 9.75. The SMILES string of the molecule is Cc1cc(C(=O)NC2CCNCC2)ccc1-c1ccc(C[C@H](NC(=O)[C@H]2CC[C@H](CN)CC2)C(=O)Nc2ccc3nc(C(F)(F)C(F)(F)C(F)(F)F)[nH]c3c2)cc1.Cl. The number of nitrogens with zero attached hydrogens (tertiary/aromatic N) is 1. The van der Waals surface area contributed by atoms with Crippen molar-refractivity contribution in [3.8, 4) is 11.1 Å². The van der Waals surface area contributed by atoms with Crippen LogP contribution in [0, 0.1) is 18.8 Å². The highest BCUT2D eigenvalue weighted by Gasteiger charge is 2.75. The summed E-state index contributed by atoms with van der Waals surface area (Å²) in [5, 5.41) is 11.8. The third-order valence-corrected chi connectivity index (χ3v) is 10.8. The molecule has 2 aliphatic rings. The Morgan fingerprint density at radius 3 is 2.17 bits per heavy atom. The second-order valence-corrected chi connectivity index (χ2v) is 14.9. The van der Waals surface area contributed by atoms with Crippen molar-refractivity contribution in [3.63, 3.8) is 0 Å². The number of anilines is 1. The number of hydrogen-bond acceptors (Lipinski definition) is 6. The van der Waals surface area contributed by atoms with Crippen LogP contribution in [-0.4, -0.2) is 71.5 Å². The zero-order valence-corrected chi connectivity index (χ0v) is 32.3. The van der Waals surface area contributed by atoms with Gasteiger partial charge in [0.1, 0.15) is 6.04 Å². The molecule has 7 N–H and O–H groups in total. The highest BCUT2D eigenvalue weighted by Crippen LogP contribution is 2.51. The summed E-state index contributed by atoms with van der Waals surface area (Å²) in [7, 11) is 0. The monoisotopic (exact) mass is 839 g/mol. The van der Waals surface area contributed by atoms with Gasteiger partial charge in [0.15, 0.2) is 5.82 Å². The van der Waals surface area contributed by atoms with Crippen LogP contribution in [0.1, 0.15) is 65.8 Å². The molecule has 2 fully saturated rings. The zero-order valence-electron chi connectivity index (χ0n) is 31.5. The lowest BCUT2D eigenvalue weighted by Gasteiger charge is -2.28. The van der Waals surface area contributed by atoms with Gasteiger partial charge in [0.25, 0.3) is 5.91 Å². The normalized spacial score (nSPS) is 18.6. The minimum absolute atomic E-state index is 0. The van der Waals surface area contributed by atoms with E-state index in [0.29, 0.717) is 36.4 Å². The Balaban J connectivity index is 0.00000641. The number of rotatable bonds is 12. The van der Waals surface area contributed by atoms with Gasteiger partial charge in [0.2, 0.25) is 11.8 Å². The van der Waals surface area contributed by atoms with Crippen molar-refractivity contribution in [2.45, 2.75) is 82.0 Å². The molecule has 1 saturated carbocycles. The van der Waals surface area contributed by atoms with E-state index in [0.717, 1.165) is 67.6 Å². The summed E-state index contributed by atoms with van der Waals surface area (Å²) < 4.78 is 94.5. The van der Waals surface area contributed by atoms with Crippen molar-refractivity contribution in [3.05, 3.63) is 83.2 Å². The van der Waals surface area contributed by atoms with Gasteiger partial charge < -0.3 is 32.0 Å². The minimum atomic E-state index is -6.55. The van der Waals surface area contributed by atoms with Gasteiger partial charge in [-0.2, -0.15) is 30.7 Å². The highest BCUT2D eigenvalue weighted by molar-refractivity contribution is 5.99. The number of halogens is 8. The van der Waals surface area contributed by atoms with Gasteiger partial charge in [-0.1, -0.05) is 30.3 Å². The number of piperidine rings is 1.